The summed E-state index contributed by atoms with van der Waals surface area (Å²) in [5.41, 5.74) is 37.3. The van der Waals surface area contributed by atoms with E-state index in [1.54, 1.807) is 6.20 Å². The summed E-state index contributed by atoms with van der Waals surface area (Å²) in [6, 6.07) is 145. The Morgan fingerprint density at radius 2 is 0.428 bits per heavy atom. The molecule has 8 aromatic heterocycles. The van der Waals surface area contributed by atoms with Crippen molar-refractivity contribution in [3.05, 3.63) is 458 Å². The van der Waals surface area contributed by atoms with Gasteiger partial charge in [0.05, 0.1) is 0 Å². The van der Waals surface area contributed by atoms with Gasteiger partial charge >= 0.3 is 0 Å². The number of nitrogens with zero attached hydrogens (tertiary/aromatic N) is 10. The lowest BCUT2D eigenvalue weighted by Gasteiger charge is -2.22. The number of para-hydroxylation sites is 4. The van der Waals surface area contributed by atoms with Crippen LogP contribution in [0.15, 0.2) is 442 Å². The summed E-state index contributed by atoms with van der Waals surface area (Å²) < 4.78 is 25.1. The van der Waals surface area contributed by atoms with Gasteiger partial charge in [-0.25, -0.2) is 44.9 Å². The molecule has 14 heteroatoms. The first-order chi connectivity index (χ1) is 71.0. The fraction of sp³-hybridized carbons (Fsp3) is 0.0687. The molecule has 145 heavy (non-hydrogen) atoms. The summed E-state index contributed by atoms with van der Waals surface area (Å²) in [6.07, 6.45) is 1.76. The van der Waals surface area contributed by atoms with Gasteiger partial charge in [-0.15, -0.1) is 0 Å². The second kappa shape index (κ2) is 33.8. The third kappa shape index (κ3) is 14.7. The molecule has 0 aliphatic heterocycles. The zero-order chi connectivity index (χ0) is 96.9. The van der Waals surface area contributed by atoms with Crippen LogP contribution in [0, 0.1) is 0 Å². The van der Waals surface area contributed by atoms with Gasteiger partial charge in [0.2, 0.25) is 0 Å². The topological polar surface area (TPSA) is 181 Å². The van der Waals surface area contributed by atoms with Crippen molar-refractivity contribution < 1.29 is 17.7 Å². The van der Waals surface area contributed by atoms with Crippen molar-refractivity contribution in [3.8, 4) is 169 Å². The van der Waals surface area contributed by atoms with Crippen molar-refractivity contribution in [2.75, 3.05) is 0 Å². The maximum Gasteiger partial charge on any atom is 0.182 e. The average molecular weight is 1870 g/mol. The molecule has 686 valence electrons. The summed E-state index contributed by atoms with van der Waals surface area (Å²) in [6.45, 7) is 13.9. The number of hydrogen-bond acceptors (Lipinski definition) is 14. The van der Waals surface area contributed by atoms with Crippen LogP contribution in [0.25, 0.3) is 257 Å². The molecule has 3 aliphatic carbocycles. The molecule has 0 bridgehead atoms. The third-order valence-corrected chi connectivity index (χ3v) is 29.5. The molecular weight excluding hydrogens is 1780 g/mol. The van der Waals surface area contributed by atoms with Gasteiger partial charge in [-0.3, -0.25) is 4.98 Å². The first kappa shape index (κ1) is 85.5. The molecule has 0 spiro atoms. The summed E-state index contributed by atoms with van der Waals surface area (Å²) >= 11 is 0. The molecule has 3 aliphatic rings. The molecule has 0 fully saturated rings. The Morgan fingerprint density at radius 1 is 0.159 bits per heavy atom. The third-order valence-electron chi connectivity index (χ3n) is 29.5. The molecule has 29 rings (SSSR count). The van der Waals surface area contributed by atoms with Gasteiger partial charge in [-0.2, -0.15) is 0 Å². The molecule has 0 saturated carbocycles. The fourth-order valence-corrected chi connectivity index (χ4v) is 22.0. The van der Waals surface area contributed by atoms with E-state index in [1.165, 1.54) is 72.3 Å². The van der Waals surface area contributed by atoms with Crippen LogP contribution >= 0.6 is 0 Å². The maximum atomic E-state index is 6.31. The van der Waals surface area contributed by atoms with Crippen LogP contribution in [0.5, 0.6) is 0 Å². The van der Waals surface area contributed by atoms with Gasteiger partial charge in [-0.05, 0) is 209 Å². The standard InChI is InChI=1S/C48H31N3O2.C42H29N3O.C41H28N4O/c1-48(2)38-25-30(22-23-32(38)36-26-37-33-16-6-8-19-40(33)53-43(37)27-39(36)48)29-14-10-15-31(24-29)46-49-45(28-12-4-3-5-13-28)50-47(51-46)35-18-11-21-42-44(35)34-17-7-9-20-41(34)52-42;1-42(2)35-23-29(20-21-31(35)33-24-34-32-18-9-10-19-37(32)46-38(34)25-36(33)42)28-16-11-17-30(22-28)41-44-39(26-12-5-3-6-13-26)43-40(45-41)27-14-7-4-8-15-27;1-41(2)33-22-28(19-20-29(33)31-23-32-30-12-6-7-14-36(30)46-37(32)24-34(31)41)25-15-17-27(18-16-25)39-43-38(26-10-4-3-5-11-26)44-40(45-39)35-13-8-9-21-42-35/h3-27H,1-2H3;3-25H,1-2H3;3-24H,1-2H3. The van der Waals surface area contributed by atoms with E-state index >= 15 is 0 Å². The van der Waals surface area contributed by atoms with E-state index in [0.717, 1.165) is 160 Å². The van der Waals surface area contributed by atoms with Gasteiger partial charge in [0.25, 0.3) is 0 Å². The van der Waals surface area contributed by atoms with E-state index in [0.29, 0.717) is 58.1 Å². The first-order valence-corrected chi connectivity index (χ1v) is 49.0. The molecule has 8 heterocycles. The minimum Gasteiger partial charge on any atom is -0.456 e. The number of furan rings is 4. The SMILES string of the molecule is CC1(C)c2cc(-c3ccc(-c4nc(-c5ccccc5)nc(-c5ccccn5)n4)cc3)ccc2-c2cc3c(cc21)oc1ccccc13.CC1(C)c2cc(-c3cccc(-c4nc(-c5ccccc5)nc(-c5cccc6oc7ccccc7c56)n4)c3)ccc2-c2cc3c(cc21)oc1ccccc13.CC1(C)c2cc(-c3cccc(-c4nc(-c5ccccc5)nc(-c5ccccc5)n4)c3)ccc2-c2cc3c(cc21)oc1ccccc13. The van der Waals surface area contributed by atoms with E-state index in [9.17, 15) is 0 Å². The Kier molecular flexibility index (Phi) is 20.0. The van der Waals surface area contributed by atoms with Crippen molar-refractivity contribution in [3.63, 3.8) is 0 Å². The van der Waals surface area contributed by atoms with Crippen molar-refractivity contribution in [1.82, 2.24) is 49.8 Å². The number of fused-ring (bicyclic) bond motifs is 21. The highest BCUT2D eigenvalue weighted by molar-refractivity contribution is 6.13. The highest BCUT2D eigenvalue weighted by atomic mass is 16.3. The Labute approximate surface area is 835 Å². The summed E-state index contributed by atoms with van der Waals surface area (Å²) in [5.74, 6) is 5.59. The monoisotopic (exact) mass is 1860 g/mol. The van der Waals surface area contributed by atoms with Crippen molar-refractivity contribution in [1.29, 1.82) is 0 Å². The van der Waals surface area contributed by atoms with E-state index in [-0.39, 0.29) is 16.2 Å². The first-order valence-electron chi connectivity index (χ1n) is 49.0. The van der Waals surface area contributed by atoms with E-state index < -0.39 is 0 Å². The second-order valence-electron chi connectivity index (χ2n) is 39.2. The van der Waals surface area contributed by atoms with Crippen molar-refractivity contribution in [2.45, 2.75) is 57.8 Å². The molecule has 0 N–H and O–H groups in total. The Morgan fingerprint density at radius 3 is 0.814 bits per heavy atom. The molecule has 26 aromatic rings. The maximum absolute atomic E-state index is 6.31. The van der Waals surface area contributed by atoms with Crippen LogP contribution in [0.3, 0.4) is 0 Å². The second-order valence-corrected chi connectivity index (χ2v) is 39.2. The van der Waals surface area contributed by atoms with Crippen LogP contribution in [-0.4, -0.2) is 49.8 Å². The Balaban J connectivity index is 0.000000108. The van der Waals surface area contributed by atoms with Crippen molar-refractivity contribution >= 4 is 87.8 Å². The minimum atomic E-state index is -0.197. The van der Waals surface area contributed by atoms with E-state index in [1.807, 2.05) is 206 Å². The lowest BCUT2D eigenvalue weighted by Crippen LogP contribution is -2.15. The minimum absolute atomic E-state index is 0.158. The Bertz CT molecular complexity index is 9620. The summed E-state index contributed by atoms with van der Waals surface area (Å²) in [5, 5.41) is 8.98. The van der Waals surface area contributed by atoms with E-state index in [2.05, 4.69) is 259 Å². The smallest absolute Gasteiger partial charge is 0.182 e. The predicted octanol–water partition coefficient (Wildman–Crippen LogP) is 33.5. The zero-order valence-corrected chi connectivity index (χ0v) is 80.0. The molecule has 0 radical (unpaired) electrons. The van der Waals surface area contributed by atoms with Gasteiger partial charge in [0.1, 0.15) is 50.4 Å². The predicted molar refractivity (Wildman–Crippen MR) is 584 cm³/mol. The summed E-state index contributed by atoms with van der Waals surface area (Å²) in [7, 11) is 0. The van der Waals surface area contributed by atoms with Gasteiger partial charge < -0.3 is 17.7 Å². The highest BCUT2D eigenvalue weighted by Crippen LogP contribution is 2.56. The van der Waals surface area contributed by atoms with Crippen LogP contribution in [0.2, 0.25) is 0 Å². The number of benzene rings is 18. The van der Waals surface area contributed by atoms with Gasteiger partial charge in [0.15, 0.2) is 52.4 Å². The van der Waals surface area contributed by atoms with Gasteiger partial charge in [0, 0.05) is 110 Å². The molecule has 14 nitrogen and oxygen atoms in total. The molecule has 18 aromatic carbocycles. The highest BCUT2D eigenvalue weighted by Gasteiger charge is 2.41. The largest absolute Gasteiger partial charge is 0.456 e. The van der Waals surface area contributed by atoms with Crippen LogP contribution < -0.4 is 0 Å². The normalized spacial score (nSPS) is 13.2. The van der Waals surface area contributed by atoms with Crippen LogP contribution in [0.1, 0.15) is 74.9 Å². The fourth-order valence-electron chi connectivity index (χ4n) is 22.0. The average Bonchev–Trinajstić information content (AvgIpc) is 1.57. The number of rotatable bonds is 12. The quantitative estimate of drug-likeness (QED) is 0.113. The lowest BCUT2D eigenvalue weighted by atomic mass is 9.81. The molecule has 0 unspecified atom stereocenters. The van der Waals surface area contributed by atoms with Crippen LogP contribution in [0.4, 0.5) is 0 Å². The molecular formula is C131H88N10O4. The van der Waals surface area contributed by atoms with Gasteiger partial charge in [-0.1, -0.05) is 351 Å². The summed E-state index contributed by atoms with van der Waals surface area (Å²) in [4.78, 5) is 49.0. The molecule has 0 saturated heterocycles. The van der Waals surface area contributed by atoms with Crippen LogP contribution in [-0.2, 0) is 16.2 Å². The number of pyridine rings is 1. The lowest BCUT2D eigenvalue weighted by molar-refractivity contribution is 0.647. The number of aromatic nitrogens is 10. The number of hydrogen-bond donors (Lipinski definition) is 0. The Hall–Kier alpha value is -18.7. The zero-order valence-electron chi connectivity index (χ0n) is 80.0. The van der Waals surface area contributed by atoms with E-state index in [4.69, 9.17) is 62.5 Å². The van der Waals surface area contributed by atoms with Crippen molar-refractivity contribution in [2.24, 2.45) is 0 Å². The molecule has 0 atom stereocenters. The molecule has 0 amide bonds.